The smallest absolute Gasteiger partial charge is 0.360 e. The van der Waals surface area contributed by atoms with Crippen molar-refractivity contribution in [2.75, 3.05) is 6.61 Å². The van der Waals surface area contributed by atoms with Gasteiger partial charge in [-0.1, -0.05) is 0 Å². The summed E-state index contributed by atoms with van der Waals surface area (Å²) in [7, 11) is 1.99. The zero-order chi connectivity index (χ0) is 10.1. The molecule has 0 fully saturated rings. The maximum Gasteiger partial charge on any atom is 0.360 e. The van der Waals surface area contributed by atoms with E-state index in [1.165, 1.54) is 11.3 Å². The van der Waals surface area contributed by atoms with Crippen LogP contribution in [0.3, 0.4) is 0 Å². The molecule has 0 radical (unpaired) electrons. The Kier molecular flexibility index (Phi) is 2.29. The van der Waals surface area contributed by atoms with Crippen molar-refractivity contribution in [2.45, 2.75) is 6.92 Å². The lowest BCUT2D eigenvalue weighted by atomic mass is 10.1. The van der Waals surface area contributed by atoms with Gasteiger partial charge in [-0.3, -0.25) is 4.40 Å². The zero-order valence-corrected chi connectivity index (χ0v) is 8.80. The largest absolute Gasteiger partial charge is 0.461 e. The van der Waals surface area contributed by atoms with Crippen LogP contribution in [0.5, 0.6) is 0 Å². The molecule has 0 aromatic carbocycles. The molecule has 0 saturated carbocycles. The van der Waals surface area contributed by atoms with E-state index in [0.717, 1.165) is 9.61 Å². The Labute approximate surface area is 85.9 Å². The van der Waals surface area contributed by atoms with Gasteiger partial charge in [-0.25, -0.2) is 9.78 Å². The Morgan fingerprint density at radius 2 is 2.57 bits per heavy atom. The highest BCUT2D eigenvalue weighted by Gasteiger charge is 2.15. The number of carbonyl (C=O) groups is 1. The van der Waals surface area contributed by atoms with Crippen molar-refractivity contribution < 1.29 is 9.53 Å². The molecule has 0 spiro atoms. The molecule has 14 heavy (non-hydrogen) atoms. The van der Waals surface area contributed by atoms with Gasteiger partial charge in [-0.05, 0) is 11.7 Å². The van der Waals surface area contributed by atoms with Crippen molar-refractivity contribution in [3.05, 3.63) is 18.2 Å². The highest BCUT2D eigenvalue weighted by atomic mass is 32.1. The average Bonchev–Trinajstić information content (AvgIpc) is 2.62. The molecule has 2 aromatic rings. The van der Waals surface area contributed by atoms with Crippen LogP contribution in [0.1, 0.15) is 17.4 Å². The Hall–Kier alpha value is -1.30. The second-order valence-corrected chi connectivity index (χ2v) is 4.10. The highest BCUT2D eigenvalue weighted by molar-refractivity contribution is 7.25. The molecule has 0 aliphatic carbocycles. The van der Waals surface area contributed by atoms with Crippen molar-refractivity contribution >= 4 is 34.8 Å². The van der Waals surface area contributed by atoms with E-state index >= 15 is 0 Å². The van der Waals surface area contributed by atoms with E-state index in [2.05, 4.69) is 4.98 Å². The van der Waals surface area contributed by atoms with Gasteiger partial charge in [0.25, 0.3) is 0 Å². The Morgan fingerprint density at radius 1 is 1.79 bits per heavy atom. The fourth-order valence-electron chi connectivity index (χ4n) is 1.26. The van der Waals surface area contributed by atoms with Gasteiger partial charge in [0.1, 0.15) is 11.2 Å². The van der Waals surface area contributed by atoms with Gasteiger partial charge in [0.05, 0.1) is 6.61 Å². The summed E-state index contributed by atoms with van der Waals surface area (Å²) in [5.41, 5.74) is 0.407. The predicted octanol–water partition coefficient (Wildman–Crippen LogP) is -0.169. The van der Waals surface area contributed by atoms with Gasteiger partial charge >= 0.3 is 5.97 Å². The topological polar surface area (TPSA) is 43.6 Å². The van der Waals surface area contributed by atoms with Crippen molar-refractivity contribution in [1.29, 1.82) is 0 Å². The summed E-state index contributed by atoms with van der Waals surface area (Å²) in [4.78, 5) is 16.3. The third-order valence-electron chi connectivity index (χ3n) is 1.80. The van der Waals surface area contributed by atoms with Gasteiger partial charge in [0, 0.05) is 6.20 Å². The number of aromatic nitrogens is 2. The maximum atomic E-state index is 11.4. The molecular weight excluding hydrogens is 199 g/mol. The van der Waals surface area contributed by atoms with E-state index in [9.17, 15) is 4.79 Å². The fourth-order valence-corrected chi connectivity index (χ4v) is 2.17. The first-order valence-corrected chi connectivity index (χ1v) is 5.14. The van der Waals surface area contributed by atoms with Crippen LogP contribution in [0.25, 0.3) is 4.83 Å². The number of hydrogen-bond acceptors (Lipinski definition) is 4. The molecular formula is C8H9BN2O2S. The number of rotatable bonds is 2. The van der Waals surface area contributed by atoms with Gasteiger partial charge in [-0.2, -0.15) is 0 Å². The Morgan fingerprint density at radius 3 is 3.29 bits per heavy atom. The second kappa shape index (κ2) is 3.45. The quantitative estimate of drug-likeness (QED) is 0.508. The second-order valence-electron chi connectivity index (χ2n) is 2.87. The number of imidazole rings is 1. The molecule has 0 amide bonds. The van der Waals surface area contributed by atoms with Crippen LogP contribution in [0.15, 0.2) is 12.5 Å². The molecule has 2 aromatic heterocycles. The lowest BCUT2D eigenvalue weighted by molar-refractivity contribution is 0.0523. The first-order chi connectivity index (χ1) is 6.72. The van der Waals surface area contributed by atoms with Crippen LogP contribution < -0.4 is 4.78 Å². The summed E-state index contributed by atoms with van der Waals surface area (Å²) in [6.07, 6.45) is 3.57. The number of ether oxygens (including phenoxy) is 1. The average molecular weight is 208 g/mol. The van der Waals surface area contributed by atoms with Gasteiger partial charge in [0.2, 0.25) is 0 Å². The summed E-state index contributed by atoms with van der Waals surface area (Å²) in [5, 5.41) is 0. The van der Waals surface area contributed by atoms with Crippen molar-refractivity contribution in [3.8, 4) is 0 Å². The summed E-state index contributed by atoms with van der Waals surface area (Å²) >= 11 is 1.54. The third kappa shape index (κ3) is 1.41. The van der Waals surface area contributed by atoms with Crippen LogP contribution in [-0.4, -0.2) is 29.8 Å². The summed E-state index contributed by atoms with van der Waals surface area (Å²) in [6.45, 7) is 2.16. The van der Waals surface area contributed by atoms with E-state index in [4.69, 9.17) is 4.74 Å². The molecule has 4 nitrogen and oxygen atoms in total. The van der Waals surface area contributed by atoms with E-state index in [1.54, 1.807) is 13.3 Å². The van der Waals surface area contributed by atoms with Crippen LogP contribution in [0.4, 0.5) is 0 Å². The highest BCUT2D eigenvalue weighted by Crippen LogP contribution is 2.14. The molecule has 2 heterocycles. The van der Waals surface area contributed by atoms with Gasteiger partial charge in [0.15, 0.2) is 13.5 Å². The number of fused-ring (bicyclic) bond motifs is 1. The number of esters is 1. The van der Waals surface area contributed by atoms with Gasteiger partial charge in [-0.15, -0.1) is 11.3 Å². The minimum absolute atomic E-state index is 0.350. The molecule has 0 saturated heterocycles. The molecule has 0 bridgehead atoms. The maximum absolute atomic E-state index is 11.4. The normalized spacial score (nSPS) is 10.6. The summed E-state index contributed by atoms with van der Waals surface area (Å²) < 4.78 is 7.88. The monoisotopic (exact) mass is 208 g/mol. The summed E-state index contributed by atoms with van der Waals surface area (Å²) in [5.74, 6) is -0.350. The predicted molar refractivity (Wildman–Crippen MR) is 57.2 cm³/mol. The third-order valence-corrected chi connectivity index (χ3v) is 2.82. The number of carbonyl (C=O) groups excluding carboxylic acids is 1. The first kappa shape index (κ1) is 9.27. The van der Waals surface area contributed by atoms with E-state index < -0.39 is 0 Å². The van der Waals surface area contributed by atoms with E-state index in [1.807, 2.05) is 18.4 Å². The molecule has 0 aliphatic rings. The van der Waals surface area contributed by atoms with E-state index in [0.29, 0.717) is 12.3 Å². The summed E-state index contributed by atoms with van der Waals surface area (Å²) in [6, 6.07) is 0. The van der Waals surface area contributed by atoms with Crippen LogP contribution >= 0.6 is 11.3 Å². The molecule has 2 rings (SSSR count). The first-order valence-electron chi connectivity index (χ1n) is 4.32. The van der Waals surface area contributed by atoms with E-state index in [-0.39, 0.29) is 5.97 Å². The van der Waals surface area contributed by atoms with Crippen molar-refractivity contribution in [2.24, 2.45) is 0 Å². The number of nitrogens with zero attached hydrogens (tertiary/aromatic N) is 2. The molecule has 6 heteroatoms. The zero-order valence-electron chi connectivity index (χ0n) is 7.98. The lowest BCUT2D eigenvalue weighted by Gasteiger charge is -1.96. The van der Waals surface area contributed by atoms with Crippen LogP contribution in [-0.2, 0) is 4.74 Å². The Bertz CT molecular complexity index is 477. The standard InChI is InChI=1S/C8H9BN2O2S/c1-2-13-8(12)6-7-11(4-10-6)3-5(9)14-7/h3-4H,2,9H2,1H3. The number of hydrogen-bond donors (Lipinski definition) is 0. The minimum Gasteiger partial charge on any atom is -0.461 e. The molecule has 0 aliphatic heterocycles. The minimum atomic E-state index is -0.350. The Balaban J connectivity index is 2.46. The molecule has 0 unspecified atom stereocenters. The van der Waals surface area contributed by atoms with Crippen molar-refractivity contribution in [1.82, 2.24) is 9.38 Å². The molecule has 0 atom stereocenters. The fraction of sp³-hybridized carbons (Fsp3) is 0.250. The van der Waals surface area contributed by atoms with Crippen molar-refractivity contribution in [3.63, 3.8) is 0 Å². The molecule has 72 valence electrons. The molecule has 0 N–H and O–H groups in total. The lowest BCUT2D eigenvalue weighted by Crippen LogP contribution is -2.04. The van der Waals surface area contributed by atoms with Crippen LogP contribution in [0.2, 0.25) is 0 Å². The SMILES string of the molecule is Bc1cn2cnc(C(=O)OCC)c2s1. The number of thiazole rings is 1. The van der Waals surface area contributed by atoms with Crippen LogP contribution in [0, 0.1) is 0 Å². The van der Waals surface area contributed by atoms with Gasteiger partial charge < -0.3 is 4.74 Å².